The number of benzene rings is 1. The maximum absolute atomic E-state index is 13.2. The van der Waals surface area contributed by atoms with E-state index in [4.69, 9.17) is 23.2 Å². The first-order valence-electron chi connectivity index (χ1n) is 4.92. The van der Waals surface area contributed by atoms with Crippen molar-refractivity contribution in [3.8, 4) is 0 Å². The van der Waals surface area contributed by atoms with Crippen LogP contribution in [-0.4, -0.2) is 9.55 Å². The predicted molar refractivity (Wildman–Crippen MR) is 67.0 cm³/mol. The molecule has 2 rings (SSSR count). The molecule has 1 N–H and O–H groups in total. The number of imidazole rings is 1. The molecule has 0 atom stereocenters. The lowest BCUT2D eigenvalue weighted by atomic mass is 10.3. The van der Waals surface area contributed by atoms with Crippen LogP contribution < -0.4 is 5.32 Å². The Kier molecular flexibility index (Phi) is 3.54. The van der Waals surface area contributed by atoms with Crippen molar-refractivity contribution >= 4 is 28.9 Å². The van der Waals surface area contributed by atoms with Gasteiger partial charge in [-0.3, -0.25) is 0 Å². The third-order valence-electron chi connectivity index (χ3n) is 2.36. The van der Waals surface area contributed by atoms with Crippen molar-refractivity contribution in [2.45, 2.75) is 6.54 Å². The van der Waals surface area contributed by atoms with Crippen LogP contribution in [0.15, 0.2) is 24.5 Å². The molecular weight excluding hydrogens is 264 g/mol. The van der Waals surface area contributed by atoms with Crippen LogP contribution >= 0.6 is 23.2 Å². The summed E-state index contributed by atoms with van der Waals surface area (Å²) in [5.74, 6) is 0.262. The first-order valence-corrected chi connectivity index (χ1v) is 5.68. The predicted octanol–water partition coefficient (Wildman–Crippen LogP) is 3.48. The summed E-state index contributed by atoms with van der Waals surface area (Å²) >= 11 is 11.4. The molecule has 0 saturated carbocycles. The van der Waals surface area contributed by atoms with Gasteiger partial charge in [0.25, 0.3) is 0 Å². The van der Waals surface area contributed by atoms with Gasteiger partial charge in [0.05, 0.1) is 16.6 Å². The molecule has 0 radical (unpaired) electrons. The molecule has 0 bridgehead atoms. The summed E-state index contributed by atoms with van der Waals surface area (Å²) in [5, 5.41) is 3.08. The minimum Gasteiger partial charge on any atom is -0.378 e. The zero-order chi connectivity index (χ0) is 12.4. The van der Waals surface area contributed by atoms with E-state index in [0.29, 0.717) is 12.2 Å². The normalized spacial score (nSPS) is 10.6. The fourth-order valence-electron chi connectivity index (χ4n) is 1.41. The molecule has 0 aliphatic carbocycles. The number of aryl methyl sites for hydroxylation is 1. The van der Waals surface area contributed by atoms with Crippen molar-refractivity contribution in [3.63, 3.8) is 0 Å². The fourth-order valence-corrected chi connectivity index (χ4v) is 1.89. The van der Waals surface area contributed by atoms with Crippen LogP contribution in [0.3, 0.4) is 0 Å². The first-order chi connectivity index (χ1) is 8.08. The zero-order valence-electron chi connectivity index (χ0n) is 9.04. The second kappa shape index (κ2) is 4.94. The maximum atomic E-state index is 13.2. The van der Waals surface area contributed by atoms with Gasteiger partial charge in [-0.15, -0.1) is 0 Å². The Balaban J connectivity index is 2.12. The number of nitrogens with zero attached hydrogens (tertiary/aromatic N) is 2. The monoisotopic (exact) mass is 273 g/mol. The minimum atomic E-state index is -0.601. The van der Waals surface area contributed by atoms with Crippen molar-refractivity contribution in [3.05, 3.63) is 46.2 Å². The number of hydrogen-bond donors (Lipinski definition) is 1. The molecular formula is C11H10Cl2FN3. The third kappa shape index (κ3) is 2.70. The molecule has 3 nitrogen and oxygen atoms in total. The van der Waals surface area contributed by atoms with Crippen LogP contribution in [0.2, 0.25) is 10.0 Å². The van der Waals surface area contributed by atoms with Gasteiger partial charge < -0.3 is 9.88 Å². The summed E-state index contributed by atoms with van der Waals surface area (Å²) in [4.78, 5) is 4.15. The quantitative estimate of drug-likeness (QED) is 0.868. The Morgan fingerprint density at radius 2 is 2.00 bits per heavy atom. The van der Waals surface area contributed by atoms with Crippen molar-refractivity contribution in [1.29, 1.82) is 0 Å². The van der Waals surface area contributed by atoms with E-state index in [1.807, 2.05) is 17.8 Å². The minimum absolute atomic E-state index is 0.000148. The second-order valence-corrected chi connectivity index (χ2v) is 4.38. The zero-order valence-corrected chi connectivity index (χ0v) is 10.6. The van der Waals surface area contributed by atoms with Gasteiger partial charge in [0.1, 0.15) is 5.82 Å². The maximum Gasteiger partial charge on any atom is 0.160 e. The van der Waals surface area contributed by atoms with Gasteiger partial charge in [0.15, 0.2) is 5.82 Å². The van der Waals surface area contributed by atoms with E-state index in [1.165, 1.54) is 12.1 Å². The van der Waals surface area contributed by atoms with Gasteiger partial charge in [-0.25, -0.2) is 9.37 Å². The number of nitrogens with one attached hydrogen (secondary N) is 1. The Labute approximate surface area is 108 Å². The molecule has 1 heterocycles. The van der Waals surface area contributed by atoms with Crippen LogP contribution in [0.25, 0.3) is 0 Å². The Bertz CT molecular complexity index is 516. The van der Waals surface area contributed by atoms with Crippen molar-refractivity contribution < 1.29 is 4.39 Å². The highest BCUT2D eigenvalue weighted by Gasteiger charge is 2.07. The summed E-state index contributed by atoms with van der Waals surface area (Å²) in [6.07, 6.45) is 3.56. The molecule has 6 heteroatoms. The van der Waals surface area contributed by atoms with E-state index in [2.05, 4.69) is 10.3 Å². The fraction of sp³-hybridized carbons (Fsp3) is 0.182. The van der Waals surface area contributed by atoms with Gasteiger partial charge in [-0.1, -0.05) is 23.2 Å². The Morgan fingerprint density at radius 1 is 1.35 bits per heavy atom. The van der Waals surface area contributed by atoms with E-state index in [-0.39, 0.29) is 10.0 Å². The second-order valence-electron chi connectivity index (χ2n) is 3.56. The van der Waals surface area contributed by atoms with Gasteiger partial charge in [-0.05, 0) is 12.1 Å². The molecule has 2 aromatic rings. The van der Waals surface area contributed by atoms with Crippen LogP contribution in [0.5, 0.6) is 0 Å². The van der Waals surface area contributed by atoms with Gasteiger partial charge in [-0.2, -0.15) is 0 Å². The van der Waals surface area contributed by atoms with Gasteiger partial charge in [0.2, 0.25) is 0 Å². The molecule has 1 aromatic heterocycles. The van der Waals surface area contributed by atoms with Crippen molar-refractivity contribution in [2.24, 2.45) is 7.05 Å². The lowest BCUT2D eigenvalue weighted by Gasteiger charge is -2.08. The average Bonchev–Trinajstić information content (AvgIpc) is 2.69. The Morgan fingerprint density at radius 3 is 2.53 bits per heavy atom. The van der Waals surface area contributed by atoms with E-state index >= 15 is 0 Å². The van der Waals surface area contributed by atoms with Crippen LogP contribution in [0, 0.1) is 5.82 Å². The molecule has 0 aliphatic rings. The highest BCUT2D eigenvalue weighted by molar-refractivity contribution is 6.35. The molecule has 90 valence electrons. The van der Waals surface area contributed by atoms with Gasteiger partial charge in [0, 0.05) is 25.1 Å². The largest absolute Gasteiger partial charge is 0.378 e. The van der Waals surface area contributed by atoms with Crippen molar-refractivity contribution in [1.82, 2.24) is 9.55 Å². The van der Waals surface area contributed by atoms with Crippen LogP contribution in [0.1, 0.15) is 5.82 Å². The standard InChI is InChI=1S/C11H10Cl2FN3/c1-17-3-2-15-10(17)6-16-7-4-8(12)11(14)9(13)5-7/h2-5,16H,6H2,1H3. The summed E-state index contributed by atoms with van der Waals surface area (Å²) in [5.41, 5.74) is 0.657. The van der Waals surface area contributed by atoms with Crippen LogP contribution in [-0.2, 0) is 13.6 Å². The number of hydrogen-bond acceptors (Lipinski definition) is 2. The summed E-state index contributed by atoms with van der Waals surface area (Å²) < 4.78 is 15.1. The topological polar surface area (TPSA) is 29.9 Å². The van der Waals surface area contributed by atoms with E-state index < -0.39 is 5.82 Å². The molecule has 0 aliphatic heterocycles. The summed E-state index contributed by atoms with van der Waals surface area (Å²) in [7, 11) is 1.90. The molecule has 0 spiro atoms. The molecule has 1 aromatic carbocycles. The van der Waals surface area contributed by atoms with E-state index in [0.717, 1.165) is 5.82 Å². The molecule has 17 heavy (non-hydrogen) atoms. The molecule has 0 unspecified atom stereocenters. The highest BCUT2D eigenvalue weighted by atomic mass is 35.5. The van der Waals surface area contributed by atoms with E-state index in [1.54, 1.807) is 6.20 Å². The smallest absolute Gasteiger partial charge is 0.160 e. The highest BCUT2D eigenvalue weighted by Crippen LogP contribution is 2.27. The number of halogens is 3. The number of aromatic nitrogens is 2. The van der Waals surface area contributed by atoms with Crippen LogP contribution in [0.4, 0.5) is 10.1 Å². The lowest BCUT2D eigenvalue weighted by Crippen LogP contribution is -2.05. The summed E-state index contributed by atoms with van der Waals surface area (Å²) in [6.45, 7) is 0.516. The van der Waals surface area contributed by atoms with E-state index in [9.17, 15) is 4.39 Å². The third-order valence-corrected chi connectivity index (χ3v) is 2.91. The number of rotatable bonds is 3. The van der Waals surface area contributed by atoms with Crippen molar-refractivity contribution in [2.75, 3.05) is 5.32 Å². The van der Waals surface area contributed by atoms with Gasteiger partial charge >= 0.3 is 0 Å². The Hall–Kier alpha value is -1.26. The SMILES string of the molecule is Cn1ccnc1CNc1cc(Cl)c(F)c(Cl)c1. The first kappa shape index (κ1) is 12.2. The molecule has 0 fully saturated rings. The molecule has 0 saturated heterocycles. The average molecular weight is 274 g/mol. The lowest BCUT2D eigenvalue weighted by molar-refractivity contribution is 0.629. The number of anilines is 1. The molecule has 0 amide bonds. The summed E-state index contributed by atoms with van der Waals surface area (Å²) in [6, 6.07) is 2.98.